The largest absolute Gasteiger partial charge is 0.353 e. The van der Waals surface area contributed by atoms with E-state index in [9.17, 15) is 23.3 Å². The Kier molecular flexibility index (Phi) is 5.80. The van der Waals surface area contributed by atoms with Crippen molar-refractivity contribution in [2.45, 2.75) is 4.90 Å². The Balaban J connectivity index is 1.63. The van der Waals surface area contributed by atoms with Gasteiger partial charge in [0.1, 0.15) is 12.0 Å². The van der Waals surface area contributed by atoms with Crippen LogP contribution >= 0.6 is 0 Å². The van der Waals surface area contributed by atoms with Crippen LogP contribution in [0, 0.1) is 10.1 Å². The third-order valence-electron chi connectivity index (χ3n) is 4.71. The molecule has 0 radical (unpaired) electrons. The summed E-state index contributed by atoms with van der Waals surface area (Å²) in [7, 11) is -0.634. The first-order chi connectivity index (χ1) is 13.7. The fourth-order valence-electron chi connectivity index (χ4n) is 2.97. The summed E-state index contributed by atoms with van der Waals surface area (Å²) in [6, 6.07) is 8.90. The van der Waals surface area contributed by atoms with Gasteiger partial charge in [0, 0.05) is 51.9 Å². The number of anilines is 1. The zero-order chi connectivity index (χ0) is 21.2. The van der Waals surface area contributed by atoms with Crippen molar-refractivity contribution in [2.24, 2.45) is 0 Å². The third-order valence-corrected chi connectivity index (χ3v) is 6.54. The van der Waals surface area contributed by atoms with E-state index in [0.29, 0.717) is 37.6 Å². The van der Waals surface area contributed by atoms with E-state index in [1.165, 1.54) is 50.6 Å². The summed E-state index contributed by atoms with van der Waals surface area (Å²) in [6.07, 6.45) is 1.22. The van der Waals surface area contributed by atoms with Gasteiger partial charge in [0.05, 0.1) is 9.82 Å². The fourth-order valence-corrected chi connectivity index (χ4v) is 3.88. The Labute approximate surface area is 168 Å². The normalized spacial score (nSPS) is 14.9. The van der Waals surface area contributed by atoms with Gasteiger partial charge in [-0.2, -0.15) is 0 Å². The van der Waals surface area contributed by atoms with Gasteiger partial charge in [-0.15, -0.1) is 0 Å². The van der Waals surface area contributed by atoms with Crippen molar-refractivity contribution in [2.75, 3.05) is 45.2 Å². The molecule has 29 heavy (non-hydrogen) atoms. The van der Waals surface area contributed by atoms with Gasteiger partial charge >= 0.3 is 0 Å². The lowest BCUT2D eigenvalue weighted by molar-refractivity contribution is -0.385. The molecule has 0 atom stereocenters. The number of hydrogen-bond acceptors (Lipinski definition) is 7. The molecule has 11 heteroatoms. The van der Waals surface area contributed by atoms with Crippen LogP contribution in [0.4, 0.5) is 11.5 Å². The number of hydrogen-bond donors (Lipinski definition) is 0. The quantitative estimate of drug-likeness (QED) is 0.528. The molecule has 10 nitrogen and oxygen atoms in total. The SMILES string of the molecule is CN(C)S(=O)(=O)c1ccc(C(=O)N2CCN(c3ccc([N+](=O)[O-])cn3)CC2)cc1. The molecule has 0 aliphatic carbocycles. The van der Waals surface area contributed by atoms with Gasteiger partial charge < -0.3 is 9.80 Å². The number of aromatic nitrogens is 1. The summed E-state index contributed by atoms with van der Waals surface area (Å²) in [5.41, 5.74) is 0.354. The molecule has 0 spiro atoms. The predicted molar refractivity (Wildman–Crippen MR) is 106 cm³/mol. The van der Waals surface area contributed by atoms with E-state index < -0.39 is 14.9 Å². The molecule has 2 heterocycles. The van der Waals surface area contributed by atoms with Crippen LogP contribution in [0.5, 0.6) is 0 Å². The molecule has 1 fully saturated rings. The molecule has 1 aromatic carbocycles. The van der Waals surface area contributed by atoms with Gasteiger partial charge in [-0.3, -0.25) is 14.9 Å². The van der Waals surface area contributed by atoms with Crippen molar-refractivity contribution in [3.8, 4) is 0 Å². The van der Waals surface area contributed by atoms with Crippen LogP contribution in [0.25, 0.3) is 0 Å². The highest BCUT2D eigenvalue weighted by Gasteiger charge is 2.24. The van der Waals surface area contributed by atoms with Gasteiger partial charge in [0.2, 0.25) is 10.0 Å². The standard InChI is InChI=1S/C18H21N5O5S/c1-20(2)29(27,28)16-6-3-14(4-7-16)18(24)22-11-9-21(10-12-22)17-8-5-15(13-19-17)23(25)26/h3-8,13H,9-12H2,1-2H3. The van der Waals surface area contributed by atoms with Crippen LogP contribution < -0.4 is 4.90 Å². The number of amides is 1. The second kappa shape index (κ2) is 8.13. The molecule has 0 bridgehead atoms. The summed E-state index contributed by atoms with van der Waals surface area (Å²) in [5, 5.41) is 10.7. The average molecular weight is 419 g/mol. The first kappa shape index (κ1) is 20.7. The minimum Gasteiger partial charge on any atom is -0.353 e. The van der Waals surface area contributed by atoms with Crippen LogP contribution in [0.15, 0.2) is 47.5 Å². The number of carbonyl (C=O) groups excluding carboxylic acids is 1. The molecule has 2 aromatic rings. The van der Waals surface area contributed by atoms with Crippen molar-refractivity contribution >= 4 is 27.4 Å². The lowest BCUT2D eigenvalue weighted by Crippen LogP contribution is -2.49. The molecule has 1 amide bonds. The molecule has 1 aromatic heterocycles. The Bertz CT molecular complexity index is 998. The van der Waals surface area contributed by atoms with E-state index >= 15 is 0 Å². The lowest BCUT2D eigenvalue weighted by atomic mass is 10.2. The zero-order valence-electron chi connectivity index (χ0n) is 16.1. The van der Waals surface area contributed by atoms with Gasteiger partial charge in [0.25, 0.3) is 11.6 Å². The Morgan fingerprint density at radius 2 is 1.69 bits per heavy atom. The molecular formula is C18H21N5O5S. The van der Waals surface area contributed by atoms with Crippen molar-refractivity contribution in [1.29, 1.82) is 0 Å². The van der Waals surface area contributed by atoms with E-state index in [4.69, 9.17) is 0 Å². The van der Waals surface area contributed by atoms with E-state index in [2.05, 4.69) is 4.98 Å². The second-order valence-corrected chi connectivity index (χ2v) is 8.87. The van der Waals surface area contributed by atoms with Crippen molar-refractivity contribution < 1.29 is 18.1 Å². The summed E-state index contributed by atoms with van der Waals surface area (Å²) in [5.74, 6) is 0.455. The first-order valence-corrected chi connectivity index (χ1v) is 10.3. The van der Waals surface area contributed by atoms with Gasteiger partial charge in [-0.25, -0.2) is 17.7 Å². The van der Waals surface area contributed by atoms with Crippen LogP contribution in [0.3, 0.4) is 0 Å². The Hall–Kier alpha value is -3.05. The average Bonchev–Trinajstić information content (AvgIpc) is 2.73. The lowest BCUT2D eigenvalue weighted by Gasteiger charge is -2.35. The summed E-state index contributed by atoms with van der Waals surface area (Å²) >= 11 is 0. The maximum atomic E-state index is 12.7. The minimum absolute atomic E-state index is 0.0673. The van der Waals surface area contributed by atoms with Crippen LogP contribution in [0.2, 0.25) is 0 Å². The molecule has 1 aliphatic heterocycles. The predicted octanol–water partition coefficient (Wildman–Crippen LogP) is 1.20. The van der Waals surface area contributed by atoms with Crippen molar-refractivity contribution in [3.05, 3.63) is 58.3 Å². The maximum Gasteiger partial charge on any atom is 0.287 e. The molecule has 0 saturated carbocycles. The Morgan fingerprint density at radius 1 is 1.07 bits per heavy atom. The molecule has 0 unspecified atom stereocenters. The van der Waals surface area contributed by atoms with E-state index in [1.54, 1.807) is 11.0 Å². The number of pyridine rings is 1. The first-order valence-electron chi connectivity index (χ1n) is 8.87. The molecule has 3 rings (SSSR count). The number of carbonyl (C=O) groups is 1. The Morgan fingerprint density at radius 3 is 2.17 bits per heavy atom. The van der Waals surface area contributed by atoms with Crippen LogP contribution in [0.1, 0.15) is 10.4 Å². The highest BCUT2D eigenvalue weighted by Crippen LogP contribution is 2.19. The maximum absolute atomic E-state index is 12.7. The second-order valence-electron chi connectivity index (χ2n) is 6.72. The highest BCUT2D eigenvalue weighted by molar-refractivity contribution is 7.89. The van der Waals surface area contributed by atoms with Gasteiger partial charge in [0.15, 0.2) is 0 Å². The van der Waals surface area contributed by atoms with Crippen molar-refractivity contribution in [3.63, 3.8) is 0 Å². The molecule has 1 aliphatic rings. The summed E-state index contributed by atoms with van der Waals surface area (Å²) in [6.45, 7) is 2.03. The van der Waals surface area contributed by atoms with Crippen LogP contribution in [-0.4, -0.2) is 73.7 Å². The molecule has 0 N–H and O–H groups in total. The molecule has 1 saturated heterocycles. The molecule has 154 valence electrons. The fraction of sp³-hybridized carbons (Fsp3) is 0.333. The van der Waals surface area contributed by atoms with E-state index in [1.807, 2.05) is 4.90 Å². The number of rotatable bonds is 5. The summed E-state index contributed by atoms with van der Waals surface area (Å²) in [4.78, 5) is 30.8. The number of sulfonamides is 1. The van der Waals surface area contributed by atoms with E-state index in [0.717, 1.165) is 4.31 Å². The van der Waals surface area contributed by atoms with Gasteiger partial charge in [-0.1, -0.05) is 0 Å². The number of benzene rings is 1. The monoisotopic (exact) mass is 419 g/mol. The smallest absolute Gasteiger partial charge is 0.287 e. The summed E-state index contributed by atoms with van der Waals surface area (Å²) < 4.78 is 25.4. The van der Waals surface area contributed by atoms with Gasteiger partial charge in [-0.05, 0) is 30.3 Å². The topological polar surface area (TPSA) is 117 Å². The van der Waals surface area contributed by atoms with Crippen molar-refractivity contribution in [1.82, 2.24) is 14.2 Å². The number of piperazine rings is 1. The van der Waals surface area contributed by atoms with E-state index in [-0.39, 0.29) is 16.5 Å². The van der Waals surface area contributed by atoms with Crippen LogP contribution in [-0.2, 0) is 10.0 Å². The highest BCUT2D eigenvalue weighted by atomic mass is 32.2. The third kappa shape index (κ3) is 4.35. The minimum atomic E-state index is -3.54. The number of nitro groups is 1. The number of nitrogens with zero attached hydrogens (tertiary/aromatic N) is 5. The zero-order valence-corrected chi connectivity index (χ0v) is 16.9. The molecular weight excluding hydrogens is 398 g/mol.